The fourth-order valence-electron chi connectivity index (χ4n) is 1.12. The molecule has 0 saturated heterocycles. The van der Waals surface area contributed by atoms with Crippen molar-refractivity contribution in [1.82, 2.24) is 0 Å². The van der Waals surface area contributed by atoms with Gasteiger partial charge in [-0.2, -0.15) is 0 Å². The lowest BCUT2D eigenvalue weighted by Gasteiger charge is -2.11. The van der Waals surface area contributed by atoms with Crippen molar-refractivity contribution in [2.45, 2.75) is 6.36 Å². The maximum absolute atomic E-state index is 12.1. The maximum atomic E-state index is 12.1. The number of aromatic carboxylic acids is 1. The van der Waals surface area contributed by atoms with Crippen molar-refractivity contribution in [3.63, 3.8) is 0 Å². The van der Waals surface area contributed by atoms with Crippen molar-refractivity contribution in [3.05, 3.63) is 29.3 Å². The number of carboxylic acid groups (broad SMARTS) is 1. The predicted octanol–water partition coefficient (Wildman–Crippen LogP) is 2.87. The number of hydrogen-bond donors (Lipinski definition) is 1. The second kappa shape index (κ2) is 5.65. The number of hydrogen-bond acceptors (Lipinski definition) is 2. The van der Waals surface area contributed by atoms with Crippen molar-refractivity contribution >= 4 is 17.6 Å². The van der Waals surface area contributed by atoms with Crippen LogP contribution >= 0.6 is 11.6 Å². The number of alkyl halides is 4. The van der Waals surface area contributed by atoms with E-state index in [1.54, 1.807) is 0 Å². The molecule has 0 atom stereocenters. The van der Waals surface area contributed by atoms with Gasteiger partial charge in [-0.25, -0.2) is 4.79 Å². The van der Waals surface area contributed by atoms with Crippen molar-refractivity contribution < 1.29 is 27.8 Å². The number of ether oxygens (including phenoxy) is 1. The minimum Gasteiger partial charge on any atom is -0.478 e. The zero-order valence-electron chi connectivity index (χ0n) is 8.71. The summed E-state index contributed by atoms with van der Waals surface area (Å²) in [6.07, 6.45) is -4.97. The number of carbonyl (C=O) groups is 1. The van der Waals surface area contributed by atoms with Crippen LogP contribution in [0.2, 0.25) is 0 Å². The Balaban J connectivity index is 3.20. The molecule has 0 fully saturated rings. The third kappa shape index (κ3) is 4.18. The molecule has 3 nitrogen and oxygen atoms in total. The lowest BCUT2D eigenvalue weighted by atomic mass is 10.1. The van der Waals surface area contributed by atoms with E-state index in [0.29, 0.717) is 0 Å². The summed E-state index contributed by atoms with van der Waals surface area (Å²) in [7, 11) is 0. The van der Waals surface area contributed by atoms with Gasteiger partial charge in [-0.05, 0) is 18.2 Å². The predicted molar refractivity (Wildman–Crippen MR) is 57.7 cm³/mol. The van der Waals surface area contributed by atoms with Gasteiger partial charge in [-0.1, -0.05) is 11.8 Å². The van der Waals surface area contributed by atoms with Gasteiger partial charge < -0.3 is 9.84 Å². The van der Waals surface area contributed by atoms with Gasteiger partial charge in [0, 0.05) is 5.56 Å². The summed E-state index contributed by atoms with van der Waals surface area (Å²) in [6.45, 7) is 0. The topological polar surface area (TPSA) is 46.5 Å². The van der Waals surface area contributed by atoms with Gasteiger partial charge in [-0.3, -0.25) is 0 Å². The van der Waals surface area contributed by atoms with E-state index in [4.69, 9.17) is 16.7 Å². The van der Waals surface area contributed by atoms with E-state index >= 15 is 0 Å². The summed E-state index contributed by atoms with van der Waals surface area (Å²) in [5.74, 6) is 2.58. The molecule has 0 bridgehead atoms. The molecule has 96 valence electrons. The summed E-state index contributed by atoms with van der Waals surface area (Å²) in [4.78, 5) is 10.7. The van der Waals surface area contributed by atoms with Gasteiger partial charge in [-0.15, -0.1) is 24.8 Å². The summed E-state index contributed by atoms with van der Waals surface area (Å²) in [5, 5.41) is 8.72. The van der Waals surface area contributed by atoms with Crippen molar-refractivity contribution in [2.24, 2.45) is 0 Å². The molecule has 7 heteroatoms. The average Bonchev–Trinajstić information content (AvgIpc) is 2.23. The minimum atomic E-state index is -4.97. The number of benzene rings is 1. The molecular weight excluding hydrogens is 273 g/mol. The Hall–Kier alpha value is -1.87. The van der Waals surface area contributed by atoms with Gasteiger partial charge in [0.2, 0.25) is 0 Å². The molecule has 0 saturated carbocycles. The Morgan fingerprint density at radius 2 is 2.11 bits per heavy atom. The standard InChI is InChI=1S/C11H6ClF3O3/c12-5-1-2-7-3-4-8(10(16)17)9(6-7)18-11(13,14)15/h3-4,6H,5H2,(H,16,17). The molecule has 1 aromatic rings. The summed E-state index contributed by atoms with van der Waals surface area (Å²) >= 11 is 5.30. The number of halogens is 4. The van der Waals surface area contributed by atoms with Crippen molar-refractivity contribution in [2.75, 3.05) is 5.88 Å². The van der Waals surface area contributed by atoms with E-state index in [9.17, 15) is 18.0 Å². The molecule has 0 spiro atoms. The molecule has 1 rings (SSSR count). The molecular formula is C11H6ClF3O3. The molecule has 0 radical (unpaired) electrons. The first-order valence-electron chi connectivity index (χ1n) is 4.51. The summed E-state index contributed by atoms with van der Waals surface area (Å²) in [5.41, 5.74) is -0.413. The Bertz CT molecular complexity index is 514. The minimum absolute atomic E-state index is 0.0101. The van der Waals surface area contributed by atoms with Gasteiger partial charge in [0.05, 0.1) is 5.88 Å². The molecule has 0 unspecified atom stereocenters. The van der Waals surface area contributed by atoms with Crippen LogP contribution in [0, 0.1) is 11.8 Å². The Morgan fingerprint density at radius 3 is 2.61 bits per heavy atom. The normalized spacial score (nSPS) is 10.4. The van der Waals surface area contributed by atoms with Crippen LogP contribution in [0.1, 0.15) is 15.9 Å². The molecule has 0 aliphatic heterocycles. The van der Waals surface area contributed by atoms with E-state index < -0.39 is 23.6 Å². The molecule has 1 N–H and O–H groups in total. The van der Waals surface area contributed by atoms with Crippen LogP contribution in [0.15, 0.2) is 18.2 Å². The molecule has 1 aromatic carbocycles. The SMILES string of the molecule is O=C(O)c1ccc(C#CCCl)cc1OC(F)(F)F. The highest BCUT2D eigenvalue weighted by atomic mass is 35.5. The first-order chi connectivity index (χ1) is 8.33. The van der Waals surface area contributed by atoms with E-state index in [-0.39, 0.29) is 11.4 Å². The Labute approximate surface area is 105 Å². The van der Waals surface area contributed by atoms with Gasteiger partial charge in [0.25, 0.3) is 0 Å². The van der Waals surface area contributed by atoms with Crippen LogP contribution in [0.3, 0.4) is 0 Å². The van der Waals surface area contributed by atoms with Crippen LogP contribution in [-0.2, 0) is 0 Å². The van der Waals surface area contributed by atoms with Crippen LogP contribution in [-0.4, -0.2) is 23.3 Å². The highest BCUT2D eigenvalue weighted by Crippen LogP contribution is 2.27. The zero-order chi connectivity index (χ0) is 13.8. The Morgan fingerprint density at radius 1 is 1.44 bits per heavy atom. The second-order valence-corrected chi connectivity index (χ2v) is 3.27. The van der Waals surface area contributed by atoms with E-state index in [1.807, 2.05) is 0 Å². The van der Waals surface area contributed by atoms with Crippen LogP contribution in [0.4, 0.5) is 13.2 Å². The van der Waals surface area contributed by atoms with E-state index in [1.165, 1.54) is 6.07 Å². The Kier molecular flexibility index (Phi) is 4.45. The average molecular weight is 279 g/mol. The monoisotopic (exact) mass is 278 g/mol. The van der Waals surface area contributed by atoms with E-state index in [2.05, 4.69) is 16.6 Å². The van der Waals surface area contributed by atoms with Crippen molar-refractivity contribution in [3.8, 4) is 17.6 Å². The molecule has 0 aromatic heterocycles. The third-order valence-corrected chi connectivity index (χ3v) is 1.87. The van der Waals surface area contributed by atoms with E-state index in [0.717, 1.165) is 12.1 Å². The molecule has 18 heavy (non-hydrogen) atoms. The maximum Gasteiger partial charge on any atom is 0.573 e. The van der Waals surface area contributed by atoms with Gasteiger partial charge >= 0.3 is 12.3 Å². The largest absolute Gasteiger partial charge is 0.573 e. The fraction of sp³-hybridized carbons (Fsp3) is 0.182. The highest BCUT2D eigenvalue weighted by Gasteiger charge is 2.33. The van der Waals surface area contributed by atoms with Crippen LogP contribution < -0.4 is 4.74 Å². The zero-order valence-corrected chi connectivity index (χ0v) is 9.47. The van der Waals surface area contributed by atoms with Crippen molar-refractivity contribution in [1.29, 1.82) is 0 Å². The van der Waals surface area contributed by atoms with Crippen LogP contribution in [0.25, 0.3) is 0 Å². The molecule has 0 amide bonds. The number of carboxylic acids is 1. The quantitative estimate of drug-likeness (QED) is 0.668. The summed E-state index contributed by atoms with van der Waals surface area (Å²) < 4.78 is 39.9. The first-order valence-corrected chi connectivity index (χ1v) is 5.05. The summed E-state index contributed by atoms with van der Waals surface area (Å²) in [6, 6.07) is 3.16. The third-order valence-electron chi connectivity index (χ3n) is 1.74. The second-order valence-electron chi connectivity index (χ2n) is 3.00. The van der Waals surface area contributed by atoms with Crippen LogP contribution in [0.5, 0.6) is 5.75 Å². The van der Waals surface area contributed by atoms with Gasteiger partial charge in [0.1, 0.15) is 11.3 Å². The lowest BCUT2D eigenvalue weighted by molar-refractivity contribution is -0.274. The van der Waals surface area contributed by atoms with Gasteiger partial charge in [0.15, 0.2) is 0 Å². The fourth-order valence-corrected chi connectivity index (χ4v) is 1.19. The lowest BCUT2D eigenvalue weighted by Crippen LogP contribution is -2.19. The molecule has 0 aliphatic rings. The number of rotatable bonds is 2. The molecule has 0 aliphatic carbocycles. The molecule has 0 heterocycles. The highest BCUT2D eigenvalue weighted by molar-refractivity contribution is 6.19. The first kappa shape index (κ1) is 14.2. The smallest absolute Gasteiger partial charge is 0.478 e.